The Kier molecular flexibility index (Phi) is 14.5. The molecule has 0 unspecified atom stereocenters. The molecule has 3 heterocycles. The summed E-state index contributed by atoms with van der Waals surface area (Å²) in [5.41, 5.74) is 9.60. The van der Waals surface area contributed by atoms with Crippen molar-refractivity contribution in [2.45, 2.75) is 35.1 Å². The summed E-state index contributed by atoms with van der Waals surface area (Å²) in [5, 5.41) is 0. The van der Waals surface area contributed by atoms with E-state index in [1.165, 1.54) is 33.4 Å². The van der Waals surface area contributed by atoms with Crippen LogP contribution in [0.25, 0.3) is 22.3 Å². The van der Waals surface area contributed by atoms with Gasteiger partial charge in [-0.15, -0.1) is 0 Å². The zero-order valence-corrected chi connectivity index (χ0v) is 23.8. The Labute approximate surface area is 246 Å². The molecule has 3 aromatic carbocycles. The molecule has 0 amide bonds. The van der Waals surface area contributed by atoms with Crippen molar-refractivity contribution in [3.8, 4) is 22.3 Å². The number of benzene rings is 3. The minimum absolute atomic E-state index is 0. The summed E-state index contributed by atoms with van der Waals surface area (Å²) in [5.74, 6) is 0. The van der Waals surface area contributed by atoms with E-state index in [0.29, 0.717) is 0 Å². The lowest BCUT2D eigenvalue weighted by Gasteiger charge is -2.00. The Hall–Kier alpha value is -4.89. The lowest BCUT2D eigenvalue weighted by Crippen LogP contribution is -1.81. The van der Waals surface area contributed by atoms with E-state index in [9.17, 15) is 0 Å². The van der Waals surface area contributed by atoms with E-state index >= 15 is 0 Å². The van der Waals surface area contributed by atoms with E-state index < -0.39 is 0 Å². The molecule has 0 aliphatic rings. The first-order valence-electron chi connectivity index (χ1n) is 13.4. The summed E-state index contributed by atoms with van der Waals surface area (Å²) in [4.78, 5) is 12.1. The highest BCUT2D eigenvalue weighted by atomic mass is 14.7. The van der Waals surface area contributed by atoms with Gasteiger partial charge in [0.2, 0.25) is 0 Å². The molecule has 3 nitrogen and oxygen atoms in total. The number of hydrogen-bond donors (Lipinski definition) is 0. The third-order valence-electron chi connectivity index (χ3n) is 5.80. The van der Waals surface area contributed by atoms with Crippen molar-refractivity contribution in [1.29, 1.82) is 0 Å². The molecule has 0 atom stereocenters. The van der Waals surface area contributed by atoms with Crippen molar-refractivity contribution < 1.29 is 0 Å². The van der Waals surface area contributed by atoms with Crippen LogP contribution in [0.5, 0.6) is 0 Å². The van der Waals surface area contributed by atoms with Gasteiger partial charge >= 0.3 is 0 Å². The van der Waals surface area contributed by atoms with E-state index in [2.05, 4.69) is 88.6 Å². The highest BCUT2D eigenvalue weighted by molar-refractivity contribution is 5.63. The van der Waals surface area contributed by atoms with E-state index in [4.69, 9.17) is 0 Å². The molecule has 0 fully saturated rings. The van der Waals surface area contributed by atoms with Crippen molar-refractivity contribution in [2.24, 2.45) is 0 Å². The first-order chi connectivity index (χ1) is 19.5. The first-order valence-corrected chi connectivity index (χ1v) is 13.4. The maximum atomic E-state index is 4.26. The quantitative estimate of drug-likeness (QED) is 0.220. The van der Waals surface area contributed by atoms with Crippen molar-refractivity contribution in [1.82, 2.24) is 15.0 Å². The van der Waals surface area contributed by atoms with E-state index in [1.54, 1.807) is 12.4 Å². The van der Waals surface area contributed by atoms with Gasteiger partial charge in [0.25, 0.3) is 0 Å². The third-order valence-corrected chi connectivity index (χ3v) is 5.80. The second-order valence-corrected chi connectivity index (χ2v) is 9.29. The summed E-state index contributed by atoms with van der Waals surface area (Å²) >= 11 is 0. The van der Waals surface area contributed by atoms with Crippen LogP contribution in [0, 0.1) is 27.7 Å². The van der Waals surface area contributed by atoms with E-state index in [1.807, 2.05) is 93.8 Å². The number of aryl methyl sites for hydroxylation is 4. The van der Waals surface area contributed by atoms with Gasteiger partial charge in [-0.05, 0) is 74.2 Å². The highest BCUT2D eigenvalue weighted by Crippen LogP contribution is 2.19. The number of aromatic nitrogens is 3. The monoisotopic (exact) mass is 539 g/mol. The normalized spacial score (nSPS) is 9.27. The number of rotatable bonds is 2. The van der Waals surface area contributed by atoms with Crippen LogP contribution in [0.2, 0.25) is 0 Å². The van der Waals surface area contributed by atoms with Crippen molar-refractivity contribution in [3.05, 3.63) is 175 Å². The first kappa shape index (κ1) is 32.3. The maximum absolute atomic E-state index is 4.26. The highest BCUT2D eigenvalue weighted by Gasteiger charge is 1.95. The summed E-state index contributed by atoms with van der Waals surface area (Å²) in [7, 11) is 0. The van der Waals surface area contributed by atoms with Crippen LogP contribution in [0.4, 0.5) is 0 Å². The van der Waals surface area contributed by atoms with Crippen LogP contribution >= 0.6 is 0 Å². The fourth-order valence-corrected chi connectivity index (χ4v) is 3.54. The summed E-state index contributed by atoms with van der Waals surface area (Å²) in [6, 6.07) is 43.2. The fraction of sp³-hybridized carbons (Fsp3) is 0.132. The molecule has 0 spiro atoms. The standard InChI is InChI=1S/C13H12.C12H11N.2C6H7N.CH4/c1-11-7-9-13(10-8-11)12-5-3-2-4-6-12;1-10-7-8-12(9-13-10)11-5-3-2-4-6-11;1-6-3-2-4-7-5-6;1-6-4-2-3-5-7-6;/h2-10H,1H3;2-9H,1H3;2*2-5H,1H3;1H4. The predicted octanol–water partition coefficient (Wildman–Crippen LogP) is 10.1. The van der Waals surface area contributed by atoms with Gasteiger partial charge in [-0.2, -0.15) is 0 Å². The number of nitrogens with zero attached hydrogens (tertiary/aromatic N) is 3. The minimum Gasteiger partial charge on any atom is -0.264 e. The molecule has 41 heavy (non-hydrogen) atoms. The molecule has 6 aromatic rings. The molecule has 0 aliphatic carbocycles. The van der Waals surface area contributed by atoms with Gasteiger partial charge in [-0.25, -0.2) is 0 Å². The molecule has 3 heteroatoms. The molecule has 0 saturated heterocycles. The lowest BCUT2D eigenvalue weighted by molar-refractivity contribution is 1.20. The van der Waals surface area contributed by atoms with Gasteiger partial charge in [0.15, 0.2) is 0 Å². The maximum Gasteiger partial charge on any atom is 0.0373 e. The molecule has 0 saturated carbocycles. The van der Waals surface area contributed by atoms with Crippen molar-refractivity contribution in [3.63, 3.8) is 0 Å². The van der Waals surface area contributed by atoms with Gasteiger partial charge in [-0.1, -0.05) is 116 Å². The van der Waals surface area contributed by atoms with Crippen LogP contribution < -0.4 is 0 Å². The van der Waals surface area contributed by atoms with Gasteiger partial charge < -0.3 is 0 Å². The molecule has 0 aliphatic heterocycles. The number of hydrogen-bond acceptors (Lipinski definition) is 3. The summed E-state index contributed by atoms with van der Waals surface area (Å²) in [6.45, 7) is 8.09. The third kappa shape index (κ3) is 12.7. The van der Waals surface area contributed by atoms with Gasteiger partial charge in [0, 0.05) is 41.7 Å². The molecule has 3 aromatic heterocycles. The second-order valence-electron chi connectivity index (χ2n) is 9.29. The summed E-state index contributed by atoms with van der Waals surface area (Å²) in [6.07, 6.45) is 7.30. The van der Waals surface area contributed by atoms with Gasteiger partial charge in [-0.3, -0.25) is 15.0 Å². The molecule has 6 rings (SSSR count). The molecule has 0 bridgehead atoms. The van der Waals surface area contributed by atoms with Crippen LogP contribution in [-0.2, 0) is 0 Å². The minimum atomic E-state index is 0. The Morgan fingerprint density at radius 1 is 0.366 bits per heavy atom. The van der Waals surface area contributed by atoms with Crippen LogP contribution in [-0.4, -0.2) is 15.0 Å². The van der Waals surface area contributed by atoms with E-state index in [0.717, 1.165) is 11.4 Å². The zero-order chi connectivity index (χ0) is 28.4. The summed E-state index contributed by atoms with van der Waals surface area (Å²) < 4.78 is 0. The zero-order valence-electron chi connectivity index (χ0n) is 23.8. The van der Waals surface area contributed by atoms with Crippen LogP contribution in [0.15, 0.2) is 152 Å². The topological polar surface area (TPSA) is 38.7 Å². The van der Waals surface area contributed by atoms with Crippen molar-refractivity contribution >= 4 is 0 Å². The second kappa shape index (κ2) is 18.4. The average Bonchev–Trinajstić information content (AvgIpc) is 3.01. The molecular weight excluding hydrogens is 498 g/mol. The Morgan fingerprint density at radius 2 is 0.902 bits per heavy atom. The van der Waals surface area contributed by atoms with Crippen molar-refractivity contribution in [2.75, 3.05) is 0 Å². The lowest BCUT2D eigenvalue weighted by atomic mass is 10.0. The van der Waals surface area contributed by atoms with E-state index in [-0.39, 0.29) is 7.43 Å². The molecular formula is C38H41N3. The molecule has 208 valence electrons. The fourth-order valence-electron chi connectivity index (χ4n) is 3.54. The molecule has 0 N–H and O–H groups in total. The number of pyridine rings is 3. The predicted molar refractivity (Wildman–Crippen MR) is 176 cm³/mol. The average molecular weight is 540 g/mol. The van der Waals surface area contributed by atoms with Crippen LogP contribution in [0.1, 0.15) is 29.9 Å². The SMILES string of the molecule is C.Cc1ccc(-c2ccccc2)cc1.Cc1ccc(-c2ccccc2)cn1.Cc1ccccn1.Cc1cccnc1. The van der Waals surface area contributed by atoms with Gasteiger partial charge in [0.05, 0.1) is 0 Å². The van der Waals surface area contributed by atoms with Gasteiger partial charge in [0.1, 0.15) is 0 Å². The Bertz CT molecular complexity index is 1350. The largest absolute Gasteiger partial charge is 0.264 e. The Balaban J connectivity index is 0.000000198. The van der Waals surface area contributed by atoms with Crippen LogP contribution in [0.3, 0.4) is 0 Å². The smallest absolute Gasteiger partial charge is 0.0373 e. The molecule has 0 radical (unpaired) electrons. The Morgan fingerprint density at radius 3 is 1.32 bits per heavy atom.